The molecule has 0 spiro atoms. The summed E-state index contributed by atoms with van der Waals surface area (Å²) in [5.74, 6) is 1.02. The number of nitriles is 1. The van der Waals surface area contributed by atoms with Gasteiger partial charge in [0.2, 0.25) is 0 Å². The molecule has 1 aromatic heterocycles. The van der Waals surface area contributed by atoms with Crippen LogP contribution in [0.15, 0.2) is 6.07 Å². The van der Waals surface area contributed by atoms with Gasteiger partial charge in [0, 0.05) is 12.2 Å². The lowest BCUT2D eigenvalue weighted by atomic mass is 10.1. The maximum absolute atomic E-state index is 9.78. The van der Waals surface area contributed by atoms with Crippen LogP contribution in [0.3, 0.4) is 0 Å². The lowest BCUT2D eigenvalue weighted by Crippen LogP contribution is -2.22. The predicted molar refractivity (Wildman–Crippen MR) is 65.6 cm³/mol. The van der Waals surface area contributed by atoms with Crippen molar-refractivity contribution in [2.24, 2.45) is 5.92 Å². The zero-order valence-electron chi connectivity index (χ0n) is 10.2. The molecule has 90 valence electrons. The number of aliphatic hydroxyl groups is 1. The van der Waals surface area contributed by atoms with Gasteiger partial charge in [0.25, 0.3) is 0 Å². The molecule has 0 amide bonds. The van der Waals surface area contributed by atoms with Gasteiger partial charge in [0.05, 0.1) is 11.7 Å². The molecular weight excluding hydrogens is 214 g/mol. The van der Waals surface area contributed by atoms with Gasteiger partial charge >= 0.3 is 0 Å². The lowest BCUT2D eigenvalue weighted by molar-refractivity contribution is 0.164. The van der Waals surface area contributed by atoms with E-state index in [9.17, 15) is 5.11 Å². The number of rotatable bonds is 4. The zero-order chi connectivity index (χ0) is 12.4. The normalized spacial score (nSPS) is 16.4. The molecule has 2 rings (SSSR count). The molecule has 2 N–H and O–H groups in total. The van der Waals surface area contributed by atoms with Crippen molar-refractivity contribution < 1.29 is 5.11 Å². The highest BCUT2D eigenvalue weighted by atomic mass is 16.3. The second kappa shape index (κ2) is 4.72. The van der Waals surface area contributed by atoms with Crippen molar-refractivity contribution in [1.82, 2.24) is 4.98 Å². The van der Waals surface area contributed by atoms with Gasteiger partial charge in [-0.2, -0.15) is 5.26 Å². The number of hydrogen-bond acceptors (Lipinski definition) is 4. The first-order valence-corrected chi connectivity index (χ1v) is 5.92. The van der Waals surface area contributed by atoms with Crippen LogP contribution in [-0.2, 0) is 0 Å². The van der Waals surface area contributed by atoms with Crippen molar-refractivity contribution in [2.45, 2.75) is 32.8 Å². The minimum Gasteiger partial charge on any atom is -0.391 e. The quantitative estimate of drug-likeness (QED) is 0.828. The third-order valence-corrected chi connectivity index (χ3v) is 3.10. The summed E-state index contributed by atoms with van der Waals surface area (Å²) < 4.78 is 0. The molecule has 0 aliphatic heterocycles. The molecule has 4 nitrogen and oxygen atoms in total. The first-order chi connectivity index (χ1) is 8.11. The van der Waals surface area contributed by atoms with Gasteiger partial charge in [0.1, 0.15) is 11.9 Å². The number of pyridine rings is 1. The van der Waals surface area contributed by atoms with E-state index in [1.165, 1.54) is 0 Å². The van der Waals surface area contributed by atoms with Gasteiger partial charge in [0.15, 0.2) is 0 Å². The van der Waals surface area contributed by atoms with Crippen molar-refractivity contribution >= 4 is 5.82 Å². The Hall–Kier alpha value is -1.60. The molecule has 0 bridgehead atoms. The summed E-state index contributed by atoms with van der Waals surface area (Å²) in [5.41, 5.74) is 2.37. The van der Waals surface area contributed by atoms with Crippen molar-refractivity contribution in [3.8, 4) is 6.07 Å². The van der Waals surface area contributed by atoms with Crippen molar-refractivity contribution in [1.29, 1.82) is 5.26 Å². The van der Waals surface area contributed by atoms with E-state index < -0.39 is 0 Å². The smallest absolute Gasteiger partial charge is 0.144 e. The summed E-state index contributed by atoms with van der Waals surface area (Å²) in [7, 11) is 0. The van der Waals surface area contributed by atoms with E-state index in [4.69, 9.17) is 5.26 Å². The van der Waals surface area contributed by atoms with E-state index in [-0.39, 0.29) is 6.10 Å². The van der Waals surface area contributed by atoms with Crippen LogP contribution in [-0.4, -0.2) is 22.7 Å². The fourth-order valence-electron chi connectivity index (χ4n) is 1.95. The van der Waals surface area contributed by atoms with Crippen LogP contribution < -0.4 is 5.32 Å². The second-order valence-electron chi connectivity index (χ2n) is 4.70. The van der Waals surface area contributed by atoms with Gasteiger partial charge < -0.3 is 10.4 Å². The summed E-state index contributed by atoms with van der Waals surface area (Å²) >= 11 is 0. The Morgan fingerprint density at radius 2 is 2.29 bits per heavy atom. The van der Waals surface area contributed by atoms with Crippen molar-refractivity contribution in [3.05, 3.63) is 22.9 Å². The molecule has 1 atom stereocenters. The SMILES string of the molecule is Cc1cc(C)c(C#N)c(NCC(O)C2CC2)n1. The molecule has 17 heavy (non-hydrogen) atoms. The van der Waals surface area contributed by atoms with Gasteiger partial charge in [-0.25, -0.2) is 4.98 Å². The summed E-state index contributed by atoms with van der Waals surface area (Å²) in [6.07, 6.45) is 1.88. The zero-order valence-corrected chi connectivity index (χ0v) is 10.2. The van der Waals surface area contributed by atoms with Crippen LogP contribution in [0, 0.1) is 31.1 Å². The Kier molecular flexibility index (Phi) is 3.30. The Balaban J connectivity index is 2.11. The number of anilines is 1. The fourth-order valence-corrected chi connectivity index (χ4v) is 1.95. The summed E-state index contributed by atoms with van der Waals surface area (Å²) in [6.45, 7) is 4.27. The van der Waals surface area contributed by atoms with Gasteiger partial charge in [-0.3, -0.25) is 0 Å². The summed E-state index contributed by atoms with van der Waals surface area (Å²) in [6, 6.07) is 4.04. The van der Waals surface area contributed by atoms with E-state index >= 15 is 0 Å². The van der Waals surface area contributed by atoms with Gasteiger partial charge in [-0.15, -0.1) is 0 Å². The first-order valence-electron chi connectivity index (χ1n) is 5.92. The van der Waals surface area contributed by atoms with E-state index in [2.05, 4.69) is 16.4 Å². The van der Waals surface area contributed by atoms with Crippen molar-refractivity contribution in [3.63, 3.8) is 0 Å². The topological polar surface area (TPSA) is 68.9 Å². The van der Waals surface area contributed by atoms with E-state index in [0.29, 0.717) is 23.8 Å². The molecule has 1 heterocycles. The maximum atomic E-state index is 9.78. The van der Waals surface area contributed by atoms with Gasteiger partial charge in [-0.05, 0) is 44.2 Å². The van der Waals surface area contributed by atoms with Crippen LogP contribution in [0.2, 0.25) is 0 Å². The molecule has 0 radical (unpaired) electrons. The van der Waals surface area contributed by atoms with E-state index in [0.717, 1.165) is 24.1 Å². The Morgan fingerprint density at radius 3 is 2.88 bits per heavy atom. The predicted octanol–water partition coefficient (Wildman–Crippen LogP) is 1.75. The minimum absolute atomic E-state index is 0.329. The largest absolute Gasteiger partial charge is 0.391 e. The number of aromatic nitrogens is 1. The van der Waals surface area contributed by atoms with E-state index in [1.807, 2.05) is 19.9 Å². The number of aliphatic hydroxyl groups excluding tert-OH is 1. The Labute approximate surface area is 101 Å². The molecule has 0 saturated heterocycles. The van der Waals surface area contributed by atoms with Crippen LogP contribution in [0.1, 0.15) is 29.7 Å². The molecule has 4 heteroatoms. The molecule has 1 aliphatic rings. The van der Waals surface area contributed by atoms with Crippen molar-refractivity contribution in [2.75, 3.05) is 11.9 Å². The van der Waals surface area contributed by atoms with Gasteiger partial charge in [-0.1, -0.05) is 0 Å². The highest BCUT2D eigenvalue weighted by Crippen LogP contribution is 2.32. The number of nitrogens with zero attached hydrogens (tertiary/aromatic N) is 2. The summed E-state index contributed by atoms with van der Waals surface area (Å²) in [5, 5.41) is 21.9. The molecule has 1 fully saturated rings. The van der Waals surface area contributed by atoms with Crippen LogP contribution in [0.5, 0.6) is 0 Å². The lowest BCUT2D eigenvalue weighted by Gasteiger charge is -2.13. The minimum atomic E-state index is -0.329. The first kappa shape index (κ1) is 11.9. The number of nitrogens with one attached hydrogen (secondary N) is 1. The third-order valence-electron chi connectivity index (χ3n) is 3.10. The Morgan fingerprint density at radius 1 is 1.59 bits per heavy atom. The Bertz CT molecular complexity index is 460. The maximum Gasteiger partial charge on any atom is 0.144 e. The molecular formula is C13H17N3O. The molecule has 1 unspecified atom stereocenters. The highest BCUT2D eigenvalue weighted by molar-refractivity contribution is 5.56. The monoisotopic (exact) mass is 231 g/mol. The standard InChI is InChI=1S/C13H17N3O/c1-8-5-9(2)16-13(11(8)6-14)15-7-12(17)10-3-4-10/h5,10,12,17H,3-4,7H2,1-2H3,(H,15,16). The third kappa shape index (κ3) is 2.75. The number of aryl methyl sites for hydroxylation is 2. The summed E-state index contributed by atoms with van der Waals surface area (Å²) in [4.78, 5) is 4.31. The molecule has 1 aromatic rings. The highest BCUT2D eigenvalue weighted by Gasteiger charge is 2.29. The molecule has 1 aliphatic carbocycles. The molecule has 0 aromatic carbocycles. The fraction of sp³-hybridized carbons (Fsp3) is 0.538. The average molecular weight is 231 g/mol. The van der Waals surface area contributed by atoms with Crippen LogP contribution in [0.25, 0.3) is 0 Å². The van der Waals surface area contributed by atoms with Crippen LogP contribution >= 0.6 is 0 Å². The average Bonchev–Trinajstić information content (AvgIpc) is 3.08. The second-order valence-corrected chi connectivity index (χ2v) is 4.70. The van der Waals surface area contributed by atoms with Crippen LogP contribution in [0.4, 0.5) is 5.82 Å². The number of hydrogen-bond donors (Lipinski definition) is 2. The van der Waals surface area contributed by atoms with E-state index in [1.54, 1.807) is 0 Å². The molecule has 1 saturated carbocycles.